The van der Waals surface area contributed by atoms with Gasteiger partial charge in [0.05, 0.1) is 4.90 Å². The van der Waals surface area contributed by atoms with Crippen LogP contribution in [0.1, 0.15) is 24.0 Å². The fourth-order valence-corrected chi connectivity index (χ4v) is 3.21. The van der Waals surface area contributed by atoms with Gasteiger partial charge in [-0.2, -0.15) is 0 Å². The zero-order valence-electron chi connectivity index (χ0n) is 11.5. The SMILES string of the molecule is C=CCCC(=O)C(=[N+]=[N-])S(=O)(=O)c1cc(C)cc(C)c1. The van der Waals surface area contributed by atoms with Crippen LogP contribution in [0.15, 0.2) is 35.7 Å². The normalized spacial score (nSPS) is 10.7. The lowest BCUT2D eigenvalue weighted by molar-refractivity contribution is -0.116. The average molecular weight is 292 g/mol. The Morgan fingerprint density at radius 1 is 1.30 bits per heavy atom. The molecule has 1 aromatic rings. The topological polar surface area (TPSA) is 87.6 Å². The molecule has 0 unspecified atom stereocenters. The second-order valence-corrected chi connectivity index (χ2v) is 6.35. The number of carbonyl (C=O) groups is 1. The molecule has 0 aliphatic heterocycles. The summed E-state index contributed by atoms with van der Waals surface area (Å²) in [6, 6.07) is 4.69. The third-order valence-electron chi connectivity index (χ3n) is 2.66. The molecular weight excluding hydrogens is 276 g/mol. The average Bonchev–Trinajstić information content (AvgIpc) is 2.35. The minimum absolute atomic E-state index is 0.0465. The van der Waals surface area contributed by atoms with Crippen LogP contribution < -0.4 is 0 Å². The monoisotopic (exact) mass is 292 g/mol. The summed E-state index contributed by atoms with van der Waals surface area (Å²) in [5.74, 6) is -0.730. The van der Waals surface area contributed by atoms with Crippen molar-refractivity contribution < 1.29 is 18.0 Å². The van der Waals surface area contributed by atoms with E-state index in [1.54, 1.807) is 13.8 Å². The van der Waals surface area contributed by atoms with E-state index in [4.69, 9.17) is 5.53 Å². The van der Waals surface area contributed by atoms with E-state index in [2.05, 4.69) is 11.4 Å². The molecule has 0 aromatic heterocycles. The lowest BCUT2D eigenvalue weighted by atomic mass is 10.2. The number of ketones is 1. The van der Waals surface area contributed by atoms with Crippen LogP contribution in [0.2, 0.25) is 0 Å². The van der Waals surface area contributed by atoms with Crippen LogP contribution in [0.4, 0.5) is 0 Å². The summed E-state index contributed by atoms with van der Waals surface area (Å²) in [5.41, 5.74) is 10.4. The standard InChI is InChI=1S/C14H16N2O3S/c1-4-5-6-13(17)14(16-15)20(18,19)12-8-10(2)7-11(3)9-12/h4,7-9H,1,5-6H2,2-3H3. The summed E-state index contributed by atoms with van der Waals surface area (Å²) < 4.78 is 24.7. The van der Waals surface area contributed by atoms with Gasteiger partial charge < -0.3 is 5.53 Å². The van der Waals surface area contributed by atoms with Gasteiger partial charge in [-0.25, -0.2) is 8.42 Å². The summed E-state index contributed by atoms with van der Waals surface area (Å²) in [4.78, 5) is 14.5. The molecule has 0 aliphatic rings. The highest BCUT2D eigenvalue weighted by atomic mass is 32.2. The number of aryl methyl sites for hydroxylation is 2. The highest BCUT2D eigenvalue weighted by molar-refractivity contribution is 8.08. The van der Waals surface area contributed by atoms with E-state index in [0.29, 0.717) is 6.42 Å². The number of hydrogen-bond donors (Lipinski definition) is 0. The lowest BCUT2D eigenvalue weighted by Gasteiger charge is -2.03. The van der Waals surface area contributed by atoms with Crippen LogP contribution in [0.25, 0.3) is 5.53 Å². The minimum atomic E-state index is -4.11. The van der Waals surface area contributed by atoms with E-state index in [9.17, 15) is 13.2 Å². The first-order chi connectivity index (χ1) is 9.32. The smallest absolute Gasteiger partial charge is 0.360 e. The maximum Gasteiger partial charge on any atom is 0.451 e. The first kappa shape index (κ1) is 16.0. The number of sulfone groups is 1. The van der Waals surface area contributed by atoms with Gasteiger partial charge in [-0.05, 0) is 43.5 Å². The minimum Gasteiger partial charge on any atom is -0.360 e. The molecule has 0 bridgehead atoms. The van der Waals surface area contributed by atoms with Crippen molar-refractivity contribution in [2.45, 2.75) is 31.6 Å². The quantitative estimate of drug-likeness (QED) is 0.274. The van der Waals surface area contributed by atoms with E-state index in [-0.39, 0.29) is 11.3 Å². The van der Waals surface area contributed by atoms with Crippen LogP contribution in [0, 0.1) is 13.8 Å². The van der Waals surface area contributed by atoms with Gasteiger partial charge in [-0.3, -0.25) is 4.79 Å². The Morgan fingerprint density at radius 2 is 1.85 bits per heavy atom. The summed E-state index contributed by atoms with van der Waals surface area (Å²) >= 11 is 0. The van der Waals surface area contributed by atoms with Crippen LogP contribution in [0.5, 0.6) is 0 Å². The van der Waals surface area contributed by atoms with E-state index in [1.807, 2.05) is 6.07 Å². The molecule has 0 N–H and O–H groups in total. The van der Waals surface area contributed by atoms with Crippen LogP contribution in [-0.4, -0.2) is 24.0 Å². The molecule has 0 radical (unpaired) electrons. The van der Waals surface area contributed by atoms with Crippen molar-refractivity contribution in [3.05, 3.63) is 47.5 Å². The Labute approximate surface area is 118 Å². The number of Topliss-reactive ketones (excluding diaryl/α,β-unsaturated/α-hetero) is 1. The number of nitrogens with zero attached hydrogens (tertiary/aromatic N) is 2. The van der Waals surface area contributed by atoms with Crippen molar-refractivity contribution in [1.29, 1.82) is 0 Å². The van der Waals surface area contributed by atoms with Gasteiger partial charge in [0.2, 0.25) is 0 Å². The second kappa shape index (κ2) is 6.41. The number of hydrogen-bond acceptors (Lipinski definition) is 3. The molecule has 0 saturated carbocycles. The summed E-state index contributed by atoms with van der Waals surface area (Å²) in [6.45, 7) is 6.96. The van der Waals surface area contributed by atoms with Crippen LogP contribution in [-0.2, 0) is 14.6 Å². The van der Waals surface area contributed by atoms with Gasteiger partial charge in [0.1, 0.15) is 0 Å². The molecule has 0 heterocycles. The second-order valence-electron chi connectivity index (χ2n) is 4.48. The van der Waals surface area contributed by atoms with Crippen molar-refractivity contribution in [2.75, 3.05) is 0 Å². The third-order valence-corrected chi connectivity index (χ3v) is 4.34. The molecule has 0 amide bonds. The van der Waals surface area contributed by atoms with E-state index >= 15 is 0 Å². The van der Waals surface area contributed by atoms with Crippen molar-refractivity contribution in [3.8, 4) is 0 Å². The van der Waals surface area contributed by atoms with E-state index in [1.165, 1.54) is 18.2 Å². The first-order valence-corrected chi connectivity index (χ1v) is 7.50. The molecule has 6 heteroatoms. The predicted octanol–water partition coefficient (Wildman–Crippen LogP) is 2.24. The Hall–Kier alpha value is -2.04. The van der Waals surface area contributed by atoms with Crippen molar-refractivity contribution in [1.82, 2.24) is 0 Å². The third kappa shape index (κ3) is 3.50. The molecule has 0 spiro atoms. The molecule has 106 valence electrons. The molecule has 0 fully saturated rings. The first-order valence-electron chi connectivity index (χ1n) is 6.02. The van der Waals surface area contributed by atoms with Gasteiger partial charge in [-0.15, -0.1) is 11.4 Å². The zero-order chi connectivity index (χ0) is 15.3. The van der Waals surface area contributed by atoms with Gasteiger partial charge in [0, 0.05) is 6.42 Å². The molecule has 5 nitrogen and oxygen atoms in total. The fraction of sp³-hybridized carbons (Fsp3) is 0.286. The Morgan fingerprint density at radius 3 is 2.30 bits per heavy atom. The van der Waals surface area contributed by atoms with Gasteiger partial charge in [0.15, 0.2) is 0 Å². The Bertz CT molecular complexity index is 679. The largest absolute Gasteiger partial charge is 0.451 e. The van der Waals surface area contributed by atoms with E-state index < -0.39 is 20.7 Å². The maximum atomic E-state index is 12.3. The fourth-order valence-electron chi connectivity index (χ4n) is 1.80. The molecule has 0 atom stereocenters. The molecule has 0 saturated heterocycles. The lowest BCUT2D eigenvalue weighted by Crippen LogP contribution is -2.25. The van der Waals surface area contributed by atoms with Crippen LogP contribution >= 0.6 is 0 Å². The summed E-state index contributed by atoms with van der Waals surface area (Å²) in [6.07, 6.45) is 1.75. The number of carbonyl (C=O) groups excluding carboxylic acids is 1. The van der Waals surface area contributed by atoms with Crippen molar-refractivity contribution in [2.24, 2.45) is 0 Å². The van der Waals surface area contributed by atoms with Gasteiger partial charge in [0.25, 0.3) is 15.6 Å². The zero-order valence-corrected chi connectivity index (χ0v) is 12.3. The summed E-state index contributed by atoms with van der Waals surface area (Å²) in [7, 11) is -4.11. The Balaban J connectivity index is 3.30. The highest BCUT2D eigenvalue weighted by Gasteiger charge is 2.36. The molecular formula is C14H16N2O3S. The highest BCUT2D eigenvalue weighted by Crippen LogP contribution is 2.17. The number of allylic oxidation sites excluding steroid dienone is 1. The molecule has 1 rings (SSSR count). The number of rotatable bonds is 5. The maximum absolute atomic E-state index is 12.3. The summed E-state index contributed by atoms with van der Waals surface area (Å²) in [5, 5.41) is -0.829. The molecule has 1 aromatic carbocycles. The molecule has 0 aliphatic carbocycles. The van der Waals surface area contributed by atoms with Crippen molar-refractivity contribution in [3.63, 3.8) is 0 Å². The van der Waals surface area contributed by atoms with Gasteiger partial charge in [-0.1, -0.05) is 12.1 Å². The number of benzene rings is 1. The Kier molecular flexibility index (Phi) is 5.13. The predicted molar refractivity (Wildman–Crippen MR) is 76.2 cm³/mol. The van der Waals surface area contributed by atoms with E-state index in [0.717, 1.165) is 11.1 Å². The van der Waals surface area contributed by atoms with Gasteiger partial charge >= 0.3 is 5.04 Å². The molecule has 20 heavy (non-hydrogen) atoms. The van der Waals surface area contributed by atoms with Crippen LogP contribution in [0.3, 0.4) is 0 Å². The van der Waals surface area contributed by atoms with Crippen molar-refractivity contribution >= 4 is 20.7 Å².